The third-order valence-electron chi connectivity index (χ3n) is 3.07. The van der Waals surface area contributed by atoms with Crippen LogP contribution in [0.3, 0.4) is 0 Å². The van der Waals surface area contributed by atoms with E-state index in [2.05, 4.69) is 10.3 Å². The van der Waals surface area contributed by atoms with Crippen LogP contribution in [0.5, 0.6) is 5.75 Å². The smallest absolute Gasteiger partial charge is 0.250 e. The van der Waals surface area contributed by atoms with Crippen LogP contribution in [0.15, 0.2) is 42.6 Å². The molecule has 1 amide bonds. The monoisotopic (exact) mass is 255 g/mol. The van der Waals surface area contributed by atoms with Crippen LogP contribution in [0.1, 0.15) is 22.0 Å². The largest absolute Gasteiger partial charge is 0.491 e. The van der Waals surface area contributed by atoms with E-state index in [0.717, 1.165) is 11.3 Å². The van der Waals surface area contributed by atoms with Gasteiger partial charge in [0.15, 0.2) is 0 Å². The molecule has 0 fully saturated rings. The number of ether oxygens (including phenoxy) is 1. The highest BCUT2D eigenvalue weighted by atomic mass is 16.5. The van der Waals surface area contributed by atoms with Gasteiger partial charge in [0.25, 0.3) is 0 Å². The van der Waals surface area contributed by atoms with E-state index in [4.69, 9.17) is 10.5 Å². The number of primary amides is 1. The Hall–Kier alpha value is -2.56. The first-order valence-electron chi connectivity index (χ1n) is 5.98. The van der Waals surface area contributed by atoms with Gasteiger partial charge >= 0.3 is 0 Å². The summed E-state index contributed by atoms with van der Waals surface area (Å²) < 4.78 is 5.58. The van der Waals surface area contributed by atoms with Crippen molar-refractivity contribution in [3.63, 3.8) is 0 Å². The van der Waals surface area contributed by atoms with Crippen LogP contribution in [0.25, 0.3) is 0 Å². The molecule has 1 atom stereocenters. The summed E-state index contributed by atoms with van der Waals surface area (Å²) >= 11 is 0. The summed E-state index contributed by atoms with van der Waals surface area (Å²) in [5.74, 6) is 1.11. The summed E-state index contributed by atoms with van der Waals surface area (Å²) in [4.78, 5) is 15.1. The van der Waals surface area contributed by atoms with Crippen molar-refractivity contribution in [3.05, 3.63) is 53.7 Å². The molecule has 2 heterocycles. The van der Waals surface area contributed by atoms with Crippen LogP contribution >= 0.6 is 0 Å². The number of anilines is 1. The molecule has 1 aliphatic heterocycles. The molecule has 19 heavy (non-hydrogen) atoms. The van der Waals surface area contributed by atoms with Crippen molar-refractivity contribution < 1.29 is 9.53 Å². The Kier molecular flexibility index (Phi) is 2.79. The molecule has 5 nitrogen and oxygen atoms in total. The molecule has 3 N–H and O–H groups in total. The lowest BCUT2D eigenvalue weighted by Gasteiger charge is -2.12. The number of carbonyl (C=O) groups is 1. The molecule has 96 valence electrons. The van der Waals surface area contributed by atoms with Gasteiger partial charge in [-0.25, -0.2) is 4.98 Å². The van der Waals surface area contributed by atoms with E-state index in [-0.39, 0.29) is 6.04 Å². The van der Waals surface area contributed by atoms with Gasteiger partial charge in [-0.1, -0.05) is 18.2 Å². The number of aromatic nitrogens is 1. The number of benzene rings is 1. The van der Waals surface area contributed by atoms with Crippen LogP contribution in [0.4, 0.5) is 5.82 Å². The number of pyridine rings is 1. The Bertz CT molecular complexity index is 610. The standard InChI is InChI=1S/C14H13N3O2/c15-14(18)9-5-6-13(16-7-9)17-11-8-19-12-4-2-1-3-10(11)12/h1-7,11H,8H2,(H2,15,18)(H,16,17). The minimum atomic E-state index is -0.478. The number of nitrogens with two attached hydrogens (primary N) is 1. The Balaban J connectivity index is 1.78. The van der Waals surface area contributed by atoms with Crippen LogP contribution in [-0.2, 0) is 0 Å². The van der Waals surface area contributed by atoms with Crippen molar-refractivity contribution in [2.45, 2.75) is 6.04 Å². The van der Waals surface area contributed by atoms with Crippen LogP contribution in [0, 0.1) is 0 Å². The molecule has 0 aliphatic carbocycles. The number of fused-ring (bicyclic) bond motifs is 1. The van der Waals surface area contributed by atoms with Crippen LogP contribution in [-0.4, -0.2) is 17.5 Å². The van der Waals surface area contributed by atoms with Gasteiger partial charge in [0.05, 0.1) is 11.6 Å². The lowest BCUT2D eigenvalue weighted by Crippen LogP contribution is -2.14. The van der Waals surface area contributed by atoms with Crippen molar-refractivity contribution >= 4 is 11.7 Å². The van der Waals surface area contributed by atoms with Gasteiger partial charge in [-0.05, 0) is 18.2 Å². The second-order valence-electron chi connectivity index (χ2n) is 4.34. The highest BCUT2D eigenvalue weighted by Crippen LogP contribution is 2.33. The summed E-state index contributed by atoms with van der Waals surface area (Å²) in [6, 6.07) is 11.4. The first-order chi connectivity index (χ1) is 9.24. The van der Waals surface area contributed by atoms with E-state index in [1.54, 1.807) is 12.1 Å². The van der Waals surface area contributed by atoms with E-state index in [1.807, 2.05) is 24.3 Å². The molecular weight excluding hydrogens is 242 g/mol. The van der Waals surface area contributed by atoms with Gasteiger partial charge in [-0.2, -0.15) is 0 Å². The van der Waals surface area contributed by atoms with Crippen LogP contribution in [0.2, 0.25) is 0 Å². The predicted molar refractivity (Wildman–Crippen MR) is 71.1 cm³/mol. The molecule has 0 spiro atoms. The molecule has 0 radical (unpaired) electrons. The first-order valence-corrected chi connectivity index (χ1v) is 5.98. The Labute approximate surface area is 110 Å². The number of rotatable bonds is 3. The van der Waals surface area contributed by atoms with Crippen molar-refractivity contribution in [2.24, 2.45) is 5.73 Å². The highest BCUT2D eigenvalue weighted by molar-refractivity contribution is 5.92. The third kappa shape index (κ3) is 2.22. The van der Waals surface area contributed by atoms with Crippen LogP contribution < -0.4 is 15.8 Å². The zero-order valence-electron chi connectivity index (χ0n) is 10.2. The molecule has 0 saturated heterocycles. The van der Waals surface area contributed by atoms with E-state index < -0.39 is 5.91 Å². The van der Waals surface area contributed by atoms with Crippen molar-refractivity contribution in [1.82, 2.24) is 4.98 Å². The van der Waals surface area contributed by atoms with E-state index in [9.17, 15) is 4.79 Å². The molecule has 1 aliphatic rings. The normalized spacial score (nSPS) is 16.5. The number of hydrogen-bond donors (Lipinski definition) is 2. The Morgan fingerprint density at radius 2 is 2.16 bits per heavy atom. The van der Waals surface area contributed by atoms with Gasteiger partial charge in [0, 0.05) is 11.8 Å². The second kappa shape index (κ2) is 4.61. The summed E-state index contributed by atoms with van der Waals surface area (Å²) in [5.41, 5.74) is 6.68. The maximum atomic E-state index is 11.0. The molecule has 0 bridgehead atoms. The minimum absolute atomic E-state index is 0.0723. The van der Waals surface area contributed by atoms with Gasteiger partial charge < -0.3 is 15.8 Å². The number of carbonyl (C=O) groups excluding carboxylic acids is 1. The maximum Gasteiger partial charge on any atom is 0.250 e. The SMILES string of the molecule is NC(=O)c1ccc(NC2COc3ccccc32)nc1. The quantitative estimate of drug-likeness (QED) is 0.875. The molecule has 3 rings (SSSR count). The summed E-state index contributed by atoms with van der Waals surface area (Å²) in [6.07, 6.45) is 1.46. The predicted octanol–water partition coefficient (Wildman–Crippen LogP) is 1.73. The number of para-hydroxylation sites is 1. The first kappa shape index (κ1) is 11.5. The number of nitrogens with zero attached hydrogens (tertiary/aromatic N) is 1. The van der Waals surface area contributed by atoms with Crippen molar-refractivity contribution in [3.8, 4) is 5.75 Å². The van der Waals surface area contributed by atoms with Gasteiger partial charge in [0.1, 0.15) is 18.2 Å². The lowest BCUT2D eigenvalue weighted by molar-refractivity contribution is 0.1000. The lowest BCUT2D eigenvalue weighted by atomic mass is 10.1. The Morgan fingerprint density at radius 1 is 1.32 bits per heavy atom. The average Bonchev–Trinajstić information content (AvgIpc) is 2.83. The molecule has 1 aromatic heterocycles. The minimum Gasteiger partial charge on any atom is -0.491 e. The zero-order valence-corrected chi connectivity index (χ0v) is 10.2. The Morgan fingerprint density at radius 3 is 2.89 bits per heavy atom. The highest BCUT2D eigenvalue weighted by Gasteiger charge is 2.23. The molecule has 1 aromatic carbocycles. The molecule has 5 heteroatoms. The van der Waals surface area contributed by atoms with E-state index in [0.29, 0.717) is 18.0 Å². The molecule has 0 saturated carbocycles. The summed E-state index contributed by atoms with van der Waals surface area (Å²) in [6.45, 7) is 0.568. The van der Waals surface area contributed by atoms with Crippen molar-refractivity contribution in [1.29, 1.82) is 0 Å². The molecule has 1 unspecified atom stereocenters. The molecular formula is C14H13N3O2. The summed E-state index contributed by atoms with van der Waals surface area (Å²) in [5, 5.41) is 3.27. The van der Waals surface area contributed by atoms with E-state index >= 15 is 0 Å². The maximum absolute atomic E-state index is 11.0. The fraction of sp³-hybridized carbons (Fsp3) is 0.143. The van der Waals surface area contributed by atoms with Gasteiger partial charge in [-0.3, -0.25) is 4.79 Å². The van der Waals surface area contributed by atoms with E-state index in [1.165, 1.54) is 6.20 Å². The fourth-order valence-electron chi connectivity index (χ4n) is 2.09. The topological polar surface area (TPSA) is 77.2 Å². The summed E-state index contributed by atoms with van der Waals surface area (Å²) in [7, 11) is 0. The van der Waals surface area contributed by atoms with Gasteiger partial charge in [0.2, 0.25) is 5.91 Å². The number of nitrogens with one attached hydrogen (secondary N) is 1. The zero-order chi connectivity index (χ0) is 13.2. The van der Waals surface area contributed by atoms with Crippen molar-refractivity contribution in [2.75, 3.05) is 11.9 Å². The third-order valence-corrected chi connectivity index (χ3v) is 3.07. The molecule has 2 aromatic rings. The number of amides is 1. The number of hydrogen-bond acceptors (Lipinski definition) is 4. The average molecular weight is 255 g/mol. The fourth-order valence-corrected chi connectivity index (χ4v) is 2.09. The van der Waals surface area contributed by atoms with Gasteiger partial charge in [-0.15, -0.1) is 0 Å². The second-order valence-corrected chi connectivity index (χ2v) is 4.34.